The van der Waals surface area contributed by atoms with Crippen LogP contribution in [-0.4, -0.2) is 48.6 Å². The molecule has 0 aliphatic carbocycles. The van der Waals surface area contributed by atoms with Gasteiger partial charge >= 0.3 is 0 Å². The number of fused-ring (bicyclic) bond motifs is 1. The Hall–Kier alpha value is -1.69. The van der Waals surface area contributed by atoms with Crippen LogP contribution in [0.25, 0.3) is 10.8 Å². The summed E-state index contributed by atoms with van der Waals surface area (Å²) in [5, 5.41) is 20.6. The van der Waals surface area contributed by atoms with Gasteiger partial charge in [0.15, 0.2) is 0 Å². The van der Waals surface area contributed by atoms with Gasteiger partial charge in [-0.25, -0.2) is 4.98 Å². The SMILES string of the molecule is COCCN(CCO)c1nc(CO)cc2ccccc12. The van der Waals surface area contributed by atoms with Gasteiger partial charge in [-0.2, -0.15) is 0 Å². The number of aromatic nitrogens is 1. The Labute approximate surface area is 118 Å². The minimum Gasteiger partial charge on any atom is -0.395 e. The molecule has 0 spiro atoms. The highest BCUT2D eigenvalue weighted by atomic mass is 16.5. The molecule has 0 aliphatic rings. The molecule has 1 aromatic carbocycles. The fraction of sp³-hybridized carbons (Fsp3) is 0.400. The van der Waals surface area contributed by atoms with Crippen LogP contribution >= 0.6 is 0 Å². The molecule has 0 radical (unpaired) electrons. The van der Waals surface area contributed by atoms with Gasteiger partial charge in [0.2, 0.25) is 0 Å². The van der Waals surface area contributed by atoms with Crippen molar-refractivity contribution in [1.29, 1.82) is 0 Å². The molecule has 5 nitrogen and oxygen atoms in total. The largest absolute Gasteiger partial charge is 0.395 e. The smallest absolute Gasteiger partial charge is 0.137 e. The van der Waals surface area contributed by atoms with Crippen molar-refractivity contribution in [3.8, 4) is 0 Å². The van der Waals surface area contributed by atoms with Crippen molar-refractivity contribution < 1.29 is 14.9 Å². The number of nitrogens with zero attached hydrogens (tertiary/aromatic N) is 2. The Bertz CT molecular complexity index is 560. The Kier molecular flexibility index (Phi) is 5.29. The van der Waals surface area contributed by atoms with E-state index in [1.807, 2.05) is 35.2 Å². The molecule has 0 unspecified atom stereocenters. The monoisotopic (exact) mass is 276 g/mol. The molecular formula is C15H20N2O3. The van der Waals surface area contributed by atoms with E-state index in [1.165, 1.54) is 0 Å². The summed E-state index contributed by atoms with van der Waals surface area (Å²) in [6, 6.07) is 9.79. The van der Waals surface area contributed by atoms with Crippen LogP contribution in [0.1, 0.15) is 5.69 Å². The number of aliphatic hydroxyl groups excluding tert-OH is 2. The number of anilines is 1. The van der Waals surface area contributed by atoms with Crippen LogP contribution in [-0.2, 0) is 11.3 Å². The van der Waals surface area contributed by atoms with Crippen molar-refractivity contribution >= 4 is 16.6 Å². The van der Waals surface area contributed by atoms with Crippen molar-refractivity contribution in [2.45, 2.75) is 6.61 Å². The molecule has 0 bridgehead atoms. The standard InChI is InChI=1S/C15H20N2O3/c1-20-9-7-17(6-8-18)15-14-5-3-2-4-12(14)10-13(11-19)16-15/h2-5,10,18-19H,6-9,11H2,1H3. The topological polar surface area (TPSA) is 65.8 Å². The second kappa shape index (κ2) is 7.19. The molecule has 0 fully saturated rings. The Morgan fingerprint density at radius 2 is 2.00 bits per heavy atom. The van der Waals surface area contributed by atoms with E-state index in [0.29, 0.717) is 25.4 Å². The number of aliphatic hydroxyl groups is 2. The molecule has 2 N–H and O–H groups in total. The first kappa shape index (κ1) is 14.7. The highest BCUT2D eigenvalue weighted by molar-refractivity contribution is 5.92. The molecule has 5 heteroatoms. The van der Waals surface area contributed by atoms with E-state index < -0.39 is 0 Å². The second-order valence-corrected chi connectivity index (χ2v) is 4.52. The lowest BCUT2D eigenvalue weighted by atomic mass is 10.1. The molecule has 0 saturated carbocycles. The lowest BCUT2D eigenvalue weighted by Crippen LogP contribution is -2.31. The normalized spacial score (nSPS) is 10.9. The first-order valence-corrected chi connectivity index (χ1v) is 6.64. The third-order valence-corrected chi connectivity index (χ3v) is 3.17. The van der Waals surface area contributed by atoms with Crippen molar-refractivity contribution in [2.75, 3.05) is 38.3 Å². The van der Waals surface area contributed by atoms with Crippen molar-refractivity contribution in [1.82, 2.24) is 4.98 Å². The summed E-state index contributed by atoms with van der Waals surface area (Å²) < 4.78 is 5.11. The van der Waals surface area contributed by atoms with Crippen LogP contribution in [0.2, 0.25) is 0 Å². The summed E-state index contributed by atoms with van der Waals surface area (Å²) in [7, 11) is 1.65. The number of ether oxygens (including phenoxy) is 1. The van der Waals surface area contributed by atoms with Crippen LogP contribution in [0.4, 0.5) is 5.82 Å². The van der Waals surface area contributed by atoms with Gasteiger partial charge in [0, 0.05) is 25.6 Å². The summed E-state index contributed by atoms with van der Waals surface area (Å²) in [6.45, 7) is 1.62. The number of hydrogen-bond acceptors (Lipinski definition) is 5. The number of hydrogen-bond donors (Lipinski definition) is 2. The minimum atomic E-state index is -0.102. The highest BCUT2D eigenvalue weighted by Crippen LogP contribution is 2.25. The summed E-state index contributed by atoms with van der Waals surface area (Å²) >= 11 is 0. The fourth-order valence-corrected chi connectivity index (χ4v) is 2.20. The van der Waals surface area contributed by atoms with E-state index in [4.69, 9.17) is 4.74 Å². The van der Waals surface area contributed by atoms with Gasteiger partial charge < -0.3 is 19.8 Å². The summed E-state index contributed by atoms with van der Waals surface area (Å²) in [4.78, 5) is 6.48. The molecule has 1 aromatic heterocycles. The molecule has 2 aromatic rings. The Balaban J connectivity index is 2.47. The Morgan fingerprint density at radius 3 is 2.70 bits per heavy atom. The number of pyridine rings is 1. The molecule has 20 heavy (non-hydrogen) atoms. The Morgan fingerprint density at radius 1 is 1.20 bits per heavy atom. The summed E-state index contributed by atoms with van der Waals surface area (Å²) in [5.74, 6) is 0.776. The lowest BCUT2D eigenvalue weighted by molar-refractivity contribution is 0.202. The average Bonchev–Trinajstić information content (AvgIpc) is 2.50. The van der Waals surface area contributed by atoms with Crippen molar-refractivity contribution in [2.24, 2.45) is 0 Å². The molecular weight excluding hydrogens is 256 g/mol. The number of rotatable bonds is 7. The first-order chi connectivity index (χ1) is 9.80. The molecule has 0 saturated heterocycles. The molecule has 1 heterocycles. The van der Waals surface area contributed by atoms with E-state index >= 15 is 0 Å². The zero-order valence-electron chi connectivity index (χ0n) is 11.6. The highest BCUT2D eigenvalue weighted by Gasteiger charge is 2.12. The van der Waals surface area contributed by atoms with Gasteiger partial charge in [-0.15, -0.1) is 0 Å². The van der Waals surface area contributed by atoms with Crippen LogP contribution in [0.5, 0.6) is 0 Å². The maximum atomic E-state index is 9.35. The number of benzene rings is 1. The zero-order valence-corrected chi connectivity index (χ0v) is 11.6. The van der Waals surface area contributed by atoms with E-state index in [2.05, 4.69) is 4.98 Å². The second-order valence-electron chi connectivity index (χ2n) is 4.52. The maximum absolute atomic E-state index is 9.35. The van der Waals surface area contributed by atoms with Gasteiger partial charge in [0.05, 0.1) is 25.5 Å². The molecule has 2 rings (SSSR count). The average molecular weight is 276 g/mol. The maximum Gasteiger partial charge on any atom is 0.137 e. The van der Waals surface area contributed by atoms with Crippen molar-refractivity contribution in [3.05, 3.63) is 36.0 Å². The van der Waals surface area contributed by atoms with Crippen LogP contribution in [0.15, 0.2) is 30.3 Å². The molecule has 0 amide bonds. The quantitative estimate of drug-likeness (QED) is 0.795. The molecule has 0 atom stereocenters. The van der Waals surface area contributed by atoms with Gasteiger partial charge in [-0.3, -0.25) is 0 Å². The van der Waals surface area contributed by atoms with Crippen LogP contribution in [0.3, 0.4) is 0 Å². The van der Waals surface area contributed by atoms with Gasteiger partial charge in [0.1, 0.15) is 5.82 Å². The molecule has 0 aliphatic heterocycles. The van der Waals surface area contributed by atoms with Gasteiger partial charge in [0.25, 0.3) is 0 Å². The lowest BCUT2D eigenvalue weighted by Gasteiger charge is -2.24. The fourth-order valence-electron chi connectivity index (χ4n) is 2.20. The van der Waals surface area contributed by atoms with E-state index in [1.54, 1.807) is 7.11 Å². The first-order valence-electron chi connectivity index (χ1n) is 6.64. The van der Waals surface area contributed by atoms with E-state index in [9.17, 15) is 10.2 Å². The third kappa shape index (κ3) is 3.25. The summed E-state index contributed by atoms with van der Waals surface area (Å²) in [5.41, 5.74) is 0.624. The van der Waals surface area contributed by atoms with Gasteiger partial charge in [-0.1, -0.05) is 24.3 Å². The van der Waals surface area contributed by atoms with E-state index in [0.717, 1.165) is 16.6 Å². The van der Waals surface area contributed by atoms with Gasteiger partial charge in [-0.05, 0) is 11.5 Å². The summed E-state index contributed by atoms with van der Waals surface area (Å²) in [6.07, 6.45) is 0. The molecule has 108 valence electrons. The van der Waals surface area contributed by atoms with Crippen LogP contribution < -0.4 is 4.90 Å². The number of methoxy groups -OCH3 is 1. The predicted octanol–water partition coefficient (Wildman–Crippen LogP) is 1.17. The third-order valence-electron chi connectivity index (χ3n) is 3.17. The minimum absolute atomic E-state index is 0.0447. The van der Waals surface area contributed by atoms with E-state index in [-0.39, 0.29) is 13.2 Å². The predicted molar refractivity (Wildman–Crippen MR) is 78.8 cm³/mol. The van der Waals surface area contributed by atoms with Crippen molar-refractivity contribution in [3.63, 3.8) is 0 Å². The zero-order chi connectivity index (χ0) is 14.4. The van der Waals surface area contributed by atoms with Crippen LogP contribution in [0, 0.1) is 0 Å².